The number of carbonyl (C=O) groups is 1. The molecule has 10 heteroatoms. The first-order chi connectivity index (χ1) is 15.7. The van der Waals surface area contributed by atoms with Gasteiger partial charge in [-0.05, 0) is 51.5 Å². The van der Waals surface area contributed by atoms with Crippen LogP contribution in [0.1, 0.15) is 37.4 Å². The Kier molecular flexibility index (Phi) is 6.61. The van der Waals surface area contributed by atoms with Crippen LogP contribution in [0.4, 0.5) is 0 Å². The quantitative estimate of drug-likeness (QED) is 0.401. The van der Waals surface area contributed by atoms with E-state index in [0.29, 0.717) is 37.7 Å². The van der Waals surface area contributed by atoms with Crippen molar-refractivity contribution >= 4 is 45.4 Å². The summed E-state index contributed by atoms with van der Waals surface area (Å²) in [6.45, 7) is 7.64. The molecule has 0 saturated heterocycles. The number of thiazole rings is 1. The molecule has 4 aromatic rings. The van der Waals surface area contributed by atoms with Crippen LogP contribution in [0.15, 0.2) is 34.4 Å². The lowest BCUT2D eigenvalue weighted by Crippen LogP contribution is -2.34. The maximum absolute atomic E-state index is 13.6. The Labute approximate surface area is 205 Å². The first kappa shape index (κ1) is 23.5. The van der Waals surface area contributed by atoms with Crippen LogP contribution >= 0.6 is 34.5 Å². The van der Waals surface area contributed by atoms with E-state index in [1.165, 1.54) is 15.7 Å². The molecule has 33 heavy (non-hydrogen) atoms. The Morgan fingerprint density at radius 3 is 2.67 bits per heavy atom. The van der Waals surface area contributed by atoms with E-state index in [0.717, 1.165) is 17.8 Å². The number of nitrogens with one attached hydrogen (secondary N) is 1. The van der Waals surface area contributed by atoms with Crippen LogP contribution in [0.3, 0.4) is 0 Å². The van der Waals surface area contributed by atoms with Crippen molar-refractivity contribution in [3.63, 3.8) is 0 Å². The van der Waals surface area contributed by atoms with E-state index in [-0.39, 0.29) is 23.9 Å². The number of carbonyl (C=O) groups excluding carboxylic acids is 1. The van der Waals surface area contributed by atoms with Crippen molar-refractivity contribution in [2.75, 3.05) is 0 Å². The largest absolute Gasteiger partial charge is 0.353 e. The minimum Gasteiger partial charge on any atom is -0.353 e. The molecule has 172 valence electrons. The zero-order valence-corrected chi connectivity index (χ0v) is 21.0. The van der Waals surface area contributed by atoms with Gasteiger partial charge in [-0.3, -0.25) is 14.0 Å². The first-order valence-electron chi connectivity index (χ1n) is 10.5. The fourth-order valence-corrected chi connectivity index (χ4v) is 4.81. The molecule has 1 aromatic carbocycles. The number of hydrogen-bond donors (Lipinski definition) is 1. The smallest absolute Gasteiger partial charge is 0.268 e. The Hall–Kier alpha value is -2.68. The summed E-state index contributed by atoms with van der Waals surface area (Å²) in [5, 5.41) is 10.3. The average Bonchev–Trinajstić information content (AvgIpc) is 3.33. The lowest BCUT2D eigenvalue weighted by Gasteiger charge is -2.11. The fourth-order valence-electron chi connectivity index (χ4n) is 3.59. The maximum atomic E-state index is 13.6. The molecule has 0 radical (unpaired) electrons. The van der Waals surface area contributed by atoms with E-state index in [9.17, 15) is 9.59 Å². The Morgan fingerprint density at radius 1 is 1.21 bits per heavy atom. The van der Waals surface area contributed by atoms with Crippen molar-refractivity contribution in [1.29, 1.82) is 0 Å². The SMILES string of the molecule is CC[C@@H](C)NC(=O)Cc1csc2nc(C)c(-c3cc(C)n(-c4ccc(Cl)c(Cl)c4)n3)c(=O)n12. The summed E-state index contributed by atoms with van der Waals surface area (Å²) >= 11 is 13.6. The molecule has 3 heterocycles. The van der Waals surface area contributed by atoms with E-state index >= 15 is 0 Å². The molecule has 0 fully saturated rings. The topological polar surface area (TPSA) is 81.3 Å². The van der Waals surface area contributed by atoms with Gasteiger partial charge < -0.3 is 5.32 Å². The monoisotopic (exact) mass is 503 g/mol. The van der Waals surface area contributed by atoms with Gasteiger partial charge in [0.25, 0.3) is 5.56 Å². The summed E-state index contributed by atoms with van der Waals surface area (Å²) in [6, 6.07) is 7.15. The summed E-state index contributed by atoms with van der Waals surface area (Å²) in [7, 11) is 0. The first-order valence-corrected chi connectivity index (χ1v) is 12.1. The van der Waals surface area contributed by atoms with Crippen LogP contribution in [0.2, 0.25) is 10.0 Å². The van der Waals surface area contributed by atoms with Crippen molar-refractivity contribution in [1.82, 2.24) is 24.5 Å². The zero-order valence-electron chi connectivity index (χ0n) is 18.6. The molecule has 0 spiro atoms. The molecule has 1 amide bonds. The summed E-state index contributed by atoms with van der Waals surface area (Å²) < 4.78 is 3.22. The van der Waals surface area contributed by atoms with Gasteiger partial charge >= 0.3 is 0 Å². The van der Waals surface area contributed by atoms with Crippen LogP contribution in [-0.2, 0) is 11.2 Å². The third-order valence-electron chi connectivity index (χ3n) is 5.47. The maximum Gasteiger partial charge on any atom is 0.268 e. The van der Waals surface area contributed by atoms with E-state index in [1.54, 1.807) is 23.7 Å². The van der Waals surface area contributed by atoms with Crippen LogP contribution in [0, 0.1) is 13.8 Å². The van der Waals surface area contributed by atoms with Crippen molar-refractivity contribution in [2.45, 2.75) is 46.6 Å². The second-order valence-electron chi connectivity index (χ2n) is 7.96. The van der Waals surface area contributed by atoms with Crippen molar-refractivity contribution in [3.8, 4) is 16.9 Å². The third kappa shape index (κ3) is 4.55. The molecule has 3 aromatic heterocycles. The van der Waals surface area contributed by atoms with Gasteiger partial charge in [-0.1, -0.05) is 30.1 Å². The van der Waals surface area contributed by atoms with E-state index in [4.69, 9.17) is 23.2 Å². The van der Waals surface area contributed by atoms with Gasteiger partial charge in [0, 0.05) is 22.8 Å². The molecule has 7 nitrogen and oxygen atoms in total. The Morgan fingerprint density at radius 2 is 1.97 bits per heavy atom. The number of hydrogen-bond acceptors (Lipinski definition) is 5. The van der Waals surface area contributed by atoms with E-state index < -0.39 is 0 Å². The Balaban J connectivity index is 1.78. The number of benzene rings is 1. The summed E-state index contributed by atoms with van der Waals surface area (Å²) in [4.78, 5) is 31.2. The number of nitrogens with zero attached hydrogens (tertiary/aromatic N) is 4. The molecule has 1 atom stereocenters. The second kappa shape index (κ2) is 9.29. The molecule has 0 saturated carbocycles. The van der Waals surface area contributed by atoms with Gasteiger partial charge in [0.05, 0.1) is 33.4 Å². The van der Waals surface area contributed by atoms with Crippen molar-refractivity contribution < 1.29 is 4.79 Å². The Bertz CT molecular complexity index is 1420. The van der Waals surface area contributed by atoms with Gasteiger partial charge in [0.1, 0.15) is 5.69 Å². The highest BCUT2D eigenvalue weighted by Crippen LogP contribution is 2.27. The zero-order chi connectivity index (χ0) is 23.9. The average molecular weight is 504 g/mol. The highest BCUT2D eigenvalue weighted by atomic mass is 35.5. The number of halogens is 2. The second-order valence-corrected chi connectivity index (χ2v) is 9.61. The highest BCUT2D eigenvalue weighted by Gasteiger charge is 2.20. The number of aromatic nitrogens is 4. The standard InChI is InChI=1S/C23H23Cl2N5O2S/c1-5-12(2)26-20(31)10-16-11-33-23-27-14(4)21(22(32)29(16)23)19-8-13(3)30(28-19)15-6-7-17(24)18(25)9-15/h6-9,11-12H,5,10H2,1-4H3,(H,26,31)/t12-/m1/s1. The van der Waals surface area contributed by atoms with Crippen LogP contribution in [-0.4, -0.2) is 31.1 Å². The molecule has 1 N–H and O–H groups in total. The van der Waals surface area contributed by atoms with Gasteiger partial charge in [0.2, 0.25) is 5.91 Å². The number of fused-ring (bicyclic) bond motifs is 1. The highest BCUT2D eigenvalue weighted by molar-refractivity contribution is 7.15. The van der Waals surface area contributed by atoms with Crippen LogP contribution in [0.25, 0.3) is 21.9 Å². The van der Waals surface area contributed by atoms with Gasteiger partial charge in [0.15, 0.2) is 4.96 Å². The lowest BCUT2D eigenvalue weighted by atomic mass is 10.1. The van der Waals surface area contributed by atoms with E-state index in [1.807, 2.05) is 38.3 Å². The molecular formula is C23H23Cl2N5O2S. The molecule has 0 aliphatic carbocycles. The molecule has 0 bridgehead atoms. The number of amides is 1. The van der Waals surface area contributed by atoms with Crippen molar-refractivity contribution in [3.05, 3.63) is 67.1 Å². The van der Waals surface area contributed by atoms with Gasteiger partial charge in [-0.15, -0.1) is 11.3 Å². The van der Waals surface area contributed by atoms with Crippen molar-refractivity contribution in [2.24, 2.45) is 0 Å². The van der Waals surface area contributed by atoms with Gasteiger partial charge in [-0.25, -0.2) is 9.67 Å². The van der Waals surface area contributed by atoms with Gasteiger partial charge in [-0.2, -0.15) is 5.10 Å². The minimum absolute atomic E-state index is 0.0726. The summed E-state index contributed by atoms with van der Waals surface area (Å²) in [5.74, 6) is -0.127. The third-order valence-corrected chi connectivity index (χ3v) is 7.09. The van der Waals surface area contributed by atoms with E-state index in [2.05, 4.69) is 15.4 Å². The fraction of sp³-hybridized carbons (Fsp3) is 0.304. The molecule has 0 aliphatic heterocycles. The van der Waals surface area contributed by atoms with Crippen LogP contribution < -0.4 is 10.9 Å². The molecule has 0 aliphatic rings. The lowest BCUT2D eigenvalue weighted by molar-refractivity contribution is -0.121. The molecular weight excluding hydrogens is 481 g/mol. The predicted molar refractivity (Wildman–Crippen MR) is 133 cm³/mol. The summed E-state index contributed by atoms with van der Waals surface area (Å²) in [5.41, 5.74) is 3.40. The summed E-state index contributed by atoms with van der Waals surface area (Å²) in [6.07, 6.45) is 0.937. The normalized spacial score (nSPS) is 12.3. The predicted octanol–water partition coefficient (Wildman–Crippen LogP) is 4.99. The number of rotatable bonds is 6. The number of aryl methyl sites for hydroxylation is 2. The minimum atomic E-state index is -0.246. The molecule has 0 unspecified atom stereocenters. The van der Waals surface area contributed by atoms with Crippen LogP contribution in [0.5, 0.6) is 0 Å². The molecule has 4 rings (SSSR count).